The molecule has 2 aromatic heterocycles. The van der Waals surface area contributed by atoms with Crippen molar-refractivity contribution in [2.45, 2.75) is 26.3 Å². The lowest BCUT2D eigenvalue weighted by Gasteiger charge is -2.22. The second-order valence-electron chi connectivity index (χ2n) is 7.73. The number of carbonyl (C=O) groups is 1. The largest absolute Gasteiger partial charge is 0.494 e. The highest BCUT2D eigenvalue weighted by Gasteiger charge is 2.45. The van der Waals surface area contributed by atoms with Crippen molar-refractivity contribution in [1.29, 1.82) is 0 Å². The monoisotopic (exact) mass is 484 g/mol. The van der Waals surface area contributed by atoms with E-state index in [2.05, 4.69) is 5.16 Å². The number of fused-ring (bicyclic) bond motifs is 2. The van der Waals surface area contributed by atoms with Crippen LogP contribution in [0.25, 0.3) is 11.0 Å². The normalized spacial score (nSPS) is 15.3. The molecule has 1 amide bonds. The molecule has 3 heterocycles. The van der Waals surface area contributed by atoms with Crippen molar-refractivity contribution >= 4 is 45.9 Å². The third kappa shape index (κ3) is 3.57. The lowest BCUT2D eigenvalue weighted by atomic mass is 9.98. The summed E-state index contributed by atoms with van der Waals surface area (Å²) < 4.78 is 16.9. The average Bonchev–Trinajstić information content (AvgIpc) is 3.34. The molecule has 5 rings (SSSR count). The van der Waals surface area contributed by atoms with Crippen molar-refractivity contribution in [2.24, 2.45) is 0 Å². The fraction of sp³-hybridized carbons (Fsp3) is 0.208. The summed E-state index contributed by atoms with van der Waals surface area (Å²) in [6.45, 7) is 4.27. The van der Waals surface area contributed by atoms with Crippen LogP contribution < -0.4 is 15.1 Å². The number of nitrogens with zero attached hydrogens (tertiary/aromatic N) is 2. The molecule has 9 heteroatoms. The highest BCUT2D eigenvalue weighted by molar-refractivity contribution is 6.38. The van der Waals surface area contributed by atoms with E-state index >= 15 is 0 Å². The lowest BCUT2D eigenvalue weighted by Crippen LogP contribution is -2.29. The summed E-state index contributed by atoms with van der Waals surface area (Å²) in [5.74, 6) is 0.798. The summed E-state index contributed by atoms with van der Waals surface area (Å²) in [5, 5.41) is 4.65. The Morgan fingerprint density at radius 3 is 2.70 bits per heavy atom. The van der Waals surface area contributed by atoms with Crippen LogP contribution in [-0.4, -0.2) is 17.7 Å². The number of halogens is 2. The van der Waals surface area contributed by atoms with E-state index in [1.54, 1.807) is 19.1 Å². The molecule has 0 bridgehead atoms. The standard InChI is InChI=1S/C24H18Cl2N2O5/c1-3-7-31-15-6-4-5-13(9-15)20-19-21(29)16-10-14(25)11-17(26)22(16)32-23(19)24(30)28(20)18-8-12(2)33-27-18/h4-6,8-11,20H,3,7H2,1-2H3/t20-/m0/s1. The second kappa shape index (κ2) is 8.24. The summed E-state index contributed by atoms with van der Waals surface area (Å²) in [6.07, 6.45) is 0.844. The maximum atomic E-state index is 13.7. The van der Waals surface area contributed by atoms with Crippen molar-refractivity contribution in [2.75, 3.05) is 11.5 Å². The van der Waals surface area contributed by atoms with E-state index in [0.717, 1.165) is 6.42 Å². The minimum atomic E-state index is -0.805. The van der Waals surface area contributed by atoms with Gasteiger partial charge in [-0.15, -0.1) is 0 Å². The fourth-order valence-electron chi connectivity index (χ4n) is 4.01. The first-order chi connectivity index (χ1) is 15.9. The zero-order valence-electron chi connectivity index (χ0n) is 17.7. The van der Waals surface area contributed by atoms with Crippen LogP contribution in [0.15, 0.2) is 56.2 Å². The summed E-state index contributed by atoms with van der Waals surface area (Å²) in [4.78, 5) is 28.6. The zero-order chi connectivity index (χ0) is 23.3. The molecular formula is C24H18Cl2N2O5. The first-order valence-corrected chi connectivity index (χ1v) is 11.1. The molecule has 168 valence electrons. The van der Waals surface area contributed by atoms with Gasteiger partial charge >= 0.3 is 0 Å². The summed E-state index contributed by atoms with van der Waals surface area (Å²) in [5.41, 5.74) is 0.557. The number of anilines is 1. The molecule has 4 aromatic rings. The molecule has 0 N–H and O–H groups in total. The summed E-state index contributed by atoms with van der Waals surface area (Å²) >= 11 is 12.4. The Morgan fingerprint density at radius 2 is 1.97 bits per heavy atom. The van der Waals surface area contributed by atoms with Gasteiger partial charge in [-0.05, 0) is 43.2 Å². The molecule has 1 atom stereocenters. The van der Waals surface area contributed by atoms with Crippen molar-refractivity contribution in [3.8, 4) is 5.75 Å². The van der Waals surface area contributed by atoms with Gasteiger partial charge in [-0.25, -0.2) is 0 Å². The van der Waals surface area contributed by atoms with Crippen LogP contribution in [0.2, 0.25) is 10.0 Å². The number of ether oxygens (including phenoxy) is 1. The number of benzene rings is 2. The van der Waals surface area contributed by atoms with E-state index in [1.165, 1.54) is 17.0 Å². The van der Waals surface area contributed by atoms with E-state index in [9.17, 15) is 9.59 Å². The van der Waals surface area contributed by atoms with E-state index in [4.69, 9.17) is 36.9 Å². The Labute approximate surface area is 198 Å². The van der Waals surface area contributed by atoms with Crippen molar-refractivity contribution in [3.63, 3.8) is 0 Å². The smallest absolute Gasteiger partial charge is 0.296 e. The van der Waals surface area contributed by atoms with Gasteiger partial charge in [0, 0.05) is 11.1 Å². The second-order valence-corrected chi connectivity index (χ2v) is 8.58. The molecule has 0 aliphatic carbocycles. The van der Waals surface area contributed by atoms with Gasteiger partial charge < -0.3 is 13.7 Å². The molecule has 2 aromatic carbocycles. The molecule has 0 spiro atoms. The molecule has 0 fully saturated rings. The molecule has 0 saturated carbocycles. The van der Waals surface area contributed by atoms with Crippen molar-refractivity contribution in [3.05, 3.63) is 85.4 Å². The van der Waals surface area contributed by atoms with Crippen LogP contribution in [0.5, 0.6) is 5.75 Å². The number of aromatic nitrogens is 1. The van der Waals surface area contributed by atoms with Crippen LogP contribution in [0, 0.1) is 6.92 Å². The average molecular weight is 485 g/mol. The number of amides is 1. The zero-order valence-corrected chi connectivity index (χ0v) is 19.2. The predicted octanol–water partition coefficient (Wildman–Crippen LogP) is 5.93. The minimum Gasteiger partial charge on any atom is -0.494 e. The van der Waals surface area contributed by atoms with Gasteiger partial charge in [-0.1, -0.05) is 47.4 Å². The van der Waals surface area contributed by atoms with Gasteiger partial charge in [0.15, 0.2) is 16.8 Å². The quantitative estimate of drug-likeness (QED) is 0.348. The molecule has 0 radical (unpaired) electrons. The number of rotatable bonds is 5. The molecular weight excluding hydrogens is 467 g/mol. The first-order valence-electron chi connectivity index (χ1n) is 10.3. The number of carbonyl (C=O) groups excluding carboxylic acids is 1. The minimum absolute atomic E-state index is 0.0951. The molecule has 0 saturated heterocycles. The Hall–Kier alpha value is -3.29. The highest BCUT2D eigenvalue weighted by atomic mass is 35.5. The lowest BCUT2D eigenvalue weighted by molar-refractivity contribution is 0.0969. The maximum Gasteiger partial charge on any atom is 0.296 e. The van der Waals surface area contributed by atoms with Crippen LogP contribution in [-0.2, 0) is 0 Å². The van der Waals surface area contributed by atoms with Crippen LogP contribution in [0.3, 0.4) is 0 Å². The summed E-state index contributed by atoms with van der Waals surface area (Å²) in [6, 6.07) is 11.0. The van der Waals surface area contributed by atoms with Crippen LogP contribution in [0.1, 0.15) is 46.8 Å². The molecule has 1 aliphatic heterocycles. The van der Waals surface area contributed by atoms with Gasteiger partial charge in [0.25, 0.3) is 5.91 Å². The molecule has 33 heavy (non-hydrogen) atoms. The first kappa shape index (κ1) is 21.6. The van der Waals surface area contributed by atoms with Gasteiger partial charge in [0.1, 0.15) is 11.5 Å². The van der Waals surface area contributed by atoms with Crippen molar-refractivity contribution in [1.82, 2.24) is 5.16 Å². The fourth-order valence-corrected chi connectivity index (χ4v) is 4.55. The third-order valence-electron chi connectivity index (χ3n) is 5.40. The van der Waals surface area contributed by atoms with Gasteiger partial charge in [0.2, 0.25) is 5.76 Å². The van der Waals surface area contributed by atoms with E-state index < -0.39 is 17.4 Å². The van der Waals surface area contributed by atoms with Gasteiger partial charge in [-0.2, -0.15) is 0 Å². The van der Waals surface area contributed by atoms with Gasteiger partial charge in [0.05, 0.1) is 28.6 Å². The van der Waals surface area contributed by atoms with E-state index in [1.807, 2.05) is 25.1 Å². The maximum absolute atomic E-state index is 13.7. The number of hydrogen-bond donors (Lipinski definition) is 0. The summed E-state index contributed by atoms with van der Waals surface area (Å²) in [7, 11) is 0. The highest BCUT2D eigenvalue weighted by Crippen LogP contribution is 2.42. The SMILES string of the molecule is CCCOc1cccc([C@H]2c3c(oc4c(Cl)cc(Cl)cc4c3=O)C(=O)N2c2cc(C)on2)c1. The Morgan fingerprint density at radius 1 is 1.15 bits per heavy atom. The Balaban J connectivity index is 1.78. The Kier molecular flexibility index (Phi) is 5.38. The predicted molar refractivity (Wildman–Crippen MR) is 125 cm³/mol. The van der Waals surface area contributed by atoms with Gasteiger partial charge in [-0.3, -0.25) is 14.5 Å². The molecule has 1 aliphatic rings. The van der Waals surface area contributed by atoms with Crippen LogP contribution in [0.4, 0.5) is 5.82 Å². The van der Waals surface area contributed by atoms with E-state index in [-0.39, 0.29) is 33.1 Å². The van der Waals surface area contributed by atoms with Crippen molar-refractivity contribution < 1.29 is 18.5 Å². The third-order valence-corrected chi connectivity index (χ3v) is 5.90. The topological polar surface area (TPSA) is 85.8 Å². The number of hydrogen-bond acceptors (Lipinski definition) is 6. The number of aryl methyl sites for hydroxylation is 1. The Bertz CT molecular complexity index is 1460. The van der Waals surface area contributed by atoms with Crippen LogP contribution >= 0.6 is 23.2 Å². The molecule has 7 nitrogen and oxygen atoms in total. The van der Waals surface area contributed by atoms with E-state index in [0.29, 0.717) is 28.7 Å². The molecule has 0 unspecified atom stereocenters.